The van der Waals surface area contributed by atoms with E-state index in [-0.39, 0.29) is 5.82 Å². The number of hydrogen-bond acceptors (Lipinski definition) is 2. The molecule has 1 N–H and O–H groups in total. The highest BCUT2D eigenvalue weighted by Crippen LogP contribution is 2.21. The Morgan fingerprint density at radius 3 is 2.72 bits per heavy atom. The smallest absolute Gasteiger partial charge is 0.136 e. The molecule has 94 valence electrons. The van der Waals surface area contributed by atoms with E-state index in [4.69, 9.17) is 11.6 Å². The number of thioether (sulfide) groups is 1. The zero-order valence-electron chi connectivity index (χ0n) is 9.70. The first-order chi connectivity index (χ1) is 8.75. The van der Waals surface area contributed by atoms with Crippen LogP contribution in [-0.4, -0.2) is 12.3 Å². The molecule has 0 aliphatic carbocycles. The number of halogens is 2. The molecule has 0 aromatic heterocycles. The van der Waals surface area contributed by atoms with Crippen LogP contribution >= 0.6 is 23.4 Å². The predicted octanol–water partition coefficient (Wildman–Crippen LogP) is 4.68. The number of hydrogen-bond donors (Lipinski definition) is 1. The number of benzene rings is 2. The Balaban J connectivity index is 1.78. The molecule has 0 radical (unpaired) electrons. The summed E-state index contributed by atoms with van der Waals surface area (Å²) in [6.45, 7) is 0.763. The van der Waals surface area contributed by atoms with Gasteiger partial charge in [0.25, 0.3) is 0 Å². The summed E-state index contributed by atoms with van der Waals surface area (Å²) in [7, 11) is 0. The van der Waals surface area contributed by atoms with Gasteiger partial charge >= 0.3 is 0 Å². The van der Waals surface area contributed by atoms with Crippen LogP contribution in [0.3, 0.4) is 0 Å². The second-order valence-electron chi connectivity index (χ2n) is 3.72. The van der Waals surface area contributed by atoms with Gasteiger partial charge in [-0.05, 0) is 30.3 Å². The Morgan fingerprint density at radius 2 is 1.94 bits per heavy atom. The zero-order valence-corrected chi connectivity index (χ0v) is 11.3. The molecule has 0 unspecified atom stereocenters. The Labute approximate surface area is 115 Å². The fourth-order valence-electron chi connectivity index (χ4n) is 1.52. The Bertz CT molecular complexity index is 519. The van der Waals surface area contributed by atoms with Crippen LogP contribution in [0.25, 0.3) is 0 Å². The molecule has 18 heavy (non-hydrogen) atoms. The second kappa shape index (κ2) is 6.66. The van der Waals surface area contributed by atoms with Gasteiger partial charge in [-0.25, -0.2) is 4.39 Å². The van der Waals surface area contributed by atoms with Crippen LogP contribution in [0.15, 0.2) is 53.4 Å². The normalized spacial score (nSPS) is 10.3. The summed E-state index contributed by atoms with van der Waals surface area (Å²) in [5, 5.41) is 3.96. The molecule has 0 aliphatic heterocycles. The highest BCUT2D eigenvalue weighted by Gasteiger charge is 2.00. The van der Waals surface area contributed by atoms with Gasteiger partial charge in [0, 0.05) is 27.9 Å². The van der Waals surface area contributed by atoms with Gasteiger partial charge in [-0.15, -0.1) is 11.8 Å². The van der Waals surface area contributed by atoms with Crippen LogP contribution in [0.4, 0.5) is 10.1 Å². The van der Waals surface area contributed by atoms with Crippen molar-refractivity contribution in [3.63, 3.8) is 0 Å². The molecule has 0 heterocycles. The van der Waals surface area contributed by atoms with Crippen LogP contribution in [0.1, 0.15) is 0 Å². The maximum atomic E-state index is 13.3. The monoisotopic (exact) mass is 281 g/mol. The van der Waals surface area contributed by atoms with E-state index < -0.39 is 0 Å². The van der Waals surface area contributed by atoms with E-state index in [2.05, 4.69) is 5.32 Å². The van der Waals surface area contributed by atoms with E-state index >= 15 is 0 Å². The molecule has 0 bridgehead atoms. The van der Waals surface area contributed by atoms with E-state index in [1.54, 1.807) is 12.1 Å². The average molecular weight is 282 g/mol. The molecule has 0 aliphatic rings. The van der Waals surface area contributed by atoms with Crippen LogP contribution in [-0.2, 0) is 0 Å². The fourth-order valence-corrected chi connectivity index (χ4v) is 2.51. The third-order valence-electron chi connectivity index (χ3n) is 2.35. The molecular formula is C14H13ClFNS. The largest absolute Gasteiger partial charge is 0.384 e. The van der Waals surface area contributed by atoms with E-state index in [1.165, 1.54) is 17.8 Å². The first-order valence-electron chi connectivity index (χ1n) is 5.62. The first kappa shape index (κ1) is 13.2. The Morgan fingerprint density at radius 1 is 1.11 bits per heavy atom. The first-order valence-corrected chi connectivity index (χ1v) is 6.99. The highest BCUT2D eigenvalue weighted by molar-refractivity contribution is 7.99. The van der Waals surface area contributed by atoms with Gasteiger partial charge in [0.1, 0.15) is 5.82 Å². The van der Waals surface area contributed by atoms with Crippen molar-refractivity contribution in [1.29, 1.82) is 0 Å². The summed E-state index contributed by atoms with van der Waals surface area (Å²) >= 11 is 7.38. The van der Waals surface area contributed by atoms with Crippen molar-refractivity contribution in [3.8, 4) is 0 Å². The van der Waals surface area contributed by atoms with Crippen molar-refractivity contribution in [2.45, 2.75) is 4.90 Å². The van der Waals surface area contributed by atoms with E-state index in [0.29, 0.717) is 9.92 Å². The SMILES string of the molecule is Fc1ccccc1SCCNc1cccc(Cl)c1. The maximum absolute atomic E-state index is 13.3. The van der Waals surface area contributed by atoms with Gasteiger partial charge in [-0.1, -0.05) is 29.8 Å². The minimum atomic E-state index is -0.162. The van der Waals surface area contributed by atoms with E-state index in [0.717, 1.165) is 18.0 Å². The number of nitrogens with one attached hydrogen (secondary N) is 1. The lowest BCUT2D eigenvalue weighted by atomic mass is 10.3. The zero-order chi connectivity index (χ0) is 12.8. The Kier molecular flexibility index (Phi) is 4.90. The molecule has 4 heteroatoms. The maximum Gasteiger partial charge on any atom is 0.136 e. The van der Waals surface area contributed by atoms with Crippen molar-refractivity contribution in [2.24, 2.45) is 0 Å². The molecule has 0 saturated carbocycles. The van der Waals surface area contributed by atoms with Gasteiger partial charge in [0.2, 0.25) is 0 Å². The molecule has 2 aromatic carbocycles. The van der Waals surface area contributed by atoms with Gasteiger partial charge in [0.15, 0.2) is 0 Å². The molecule has 1 nitrogen and oxygen atoms in total. The topological polar surface area (TPSA) is 12.0 Å². The van der Waals surface area contributed by atoms with Gasteiger partial charge in [-0.2, -0.15) is 0 Å². The summed E-state index contributed by atoms with van der Waals surface area (Å²) in [6, 6.07) is 14.4. The summed E-state index contributed by atoms with van der Waals surface area (Å²) in [4.78, 5) is 0.686. The lowest BCUT2D eigenvalue weighted by molar-refractivity contribution is 0.602. The lowest BCUT2D eigenvalue weighted by Gasteiger charge is -2.07. The van der Waals surface area contributed by atoms with Crippen LogP contribution in [0.5, 0.6) is 0 Å². The van der Waals surface area contributed by atoms with Crippen LogP contribution in [0, 0.1) is 5.82 Å². The third-order valence-corrected chi connectivity index (χ3v) is 3.64. The molecule has 0 fully saturated rings. The quantitative estimate of drug-likeness (QED) is 0.631. The minimum absolute atomic E-state index is 0.162. The molecular weight excluding hydrogens is 269 g/mol. The summed E-state index contributed by atoms with van der Waals surface area (Å²) in [5.41, 5.74) is 0.983. The molecule has 0 atom stereocenters. The van der Waals surface area contributed by atoms with Crippen molar-refractivity contribution in [3.05, 3.63) is 59.4 Å². The van der Waals surface area contributed by atoms with Crippen molar-refractivity contribution in [2.75, 3.05) is 17.6 Å². The van der Waals surface area contributed by atoms with Gasteiger partial charge < -0.3 is 5.32 Å². The number of rotatable bonds is 5. The van der Waals surface area contributed by atoms with Crippen molar-refractivity contribution >= 4 is 29.1 Å². The highest BCUT2D eigenvalue weighted by atomic mass is 35.5. The second-order valence-corrected chi connectivity index (χ2v) is 5.29. The van der Waals surface area contributed by atoms with Gasteiger partial charge in [0.05, 0.1) is 0 Å². The molecule has 2 rings (SSSR count). The predicted molar refractivity (Wildman–Crippen MR) is 77.1 cm³/mol. The van der Waals surface area contributed by atoms with Crippen LogP contribution in [0.2, 0.25) is 5.02 Å². The van der Waals surface area contributed by atoms with Crippen molar-refractivity contribution in [1.82, 2.24) is 0 Å². The van der Waals surface area contributed by atoms with E-state index in [9.17, 15) is 4.39 Å². The fraction of sp³-hybridized carbons (Fsp3) is 0.143. The molecule has 0 saturated heterocycles. The molecule has 2 aromatic rings. The third kappa shape index (κ3) is 3.93. The standard InChI is InChI=1S/C14H13ClFNS/c15-11-4-3-5-12(10-11)17-8-9-18-14-7-2-1-6-13(14)16/h1-7,10,17H,8-9H2. The molecule has 0 amide bonds. The lowest BCUT2D eigenvalue weighted by Crippen LogP contribution is -2.03. The summed E-state index contributed by atoms with van der Waals surface area (Å²) < 4.78 is 13.3. The van der Waals surface area contributed by atoms with Crippen LogP contribution < -0.4 is 5.32 Å². The summed E-state index contributed by atoms with van der Waals surface area (Å²) in [5.74, 6) is 0.637. The average Bonchev–Trinajstić information content (AvgIpc) is 2.37. The minimum Gasteiger partial charge on any atom is -0.384 e. The van der Waals surface area contributed by atoms with Gasteiger partial charge in [-0.3, -0.25) is 0 Å². The summed E-state index contributed by atoms with van der Waals surface area (Å²) in [6.07, 6.45) is 0. The molecule has 0 spiro atoms. The number of anilines is 1. The van der Waals surface area contributed by atoms with E-state index in [1.807, 2.05) is 30.3 Å². The Hall–Kier alpha value is -1.19. The van der Waals surface area contributed by atoms with Crippen molar-refractivity contribution < 1.29 is 4.39 Å².